The molecule has 0 saturated carbocycles. The van der Waals surface area contributed by atoms with Gasteiger partial charge >= 0.3 is 6.09 Å². The van der Waals surface area contributed by atoms with Crippen molar-refractivity contribution < 1.29 is 19.7 Å². The van der Waals surface area contributed by atoms with Crippen LogP contribution < -0.4 is 0 Å². The van der Waals surface area contributed by atoms with Gasteiger partial charge in [0.2, 0.25) is 0 Å². The maximum Gasteiger partial charge on any atom is 0.410 e. The summed E-state index contributed by atoms with van der Waals surface area (Å²) >= 11 is 11.8. The molecule has 7 heteroatoms. The van der Waals surface area contributed by atoms with E-state index in [-0.39, 0.29) is 6.09 Å². The number of rotatable bonds is 5. The van der Waals surface area contributed by atoms with E-state index in [1.54, 1.807) is 23.1 Å². The predicted molar refractivity (Wildman–Crippen MR) is 109 cm³/mol. The first kappa shape index (κ1) is 27.2. The van der Waals surface area contributed by atoms with Crippen molar-refractivity contribution in [2.75, 3.05) is 20.2 Å². The Morgan fingerprint density at radius 2 is 1.73 bits per heavy atom. The van der Waals surface area contributed by atoms with Gasteiger partial charge < -0.3 is 19.8 Å². The SMILES string of the molecule is CC.CCN(CC[C@@H](O)c1ccc(Cl)c(Cl)c1)C(=O)OC(C)(C)C.CO. The maximum atomic E-state index is 12.0. The van der Waals surface area contributed by atoms with Gasteiger partial charge in [-0.1, -0.05) is 43.1 Å². The molecule has 2 N–H and O–H groups in total. The molecule has 0 radical (unpaired) electrons. The zero-order chi connectivity index (χ0) is 20.9. The summed E-state index contributed by atoms with van der Waals surface area (Å²) in [6, 6.07) is 5.01. The summed E-state index contributed by atoms with van der Waals surface area (Å²) in [5, 5.41) is 18.1. The van der Waals surface area contributed by atoms with E-state index in [0.29, 0.717) is 35.1 Å². The normalized spacial score (nSPS) is 11.3. The van der Waals surface area contributed by atoms with Gasteiger partial charge in [0, 0.05) is 20.2 Å². The minimum atomic E-state index is -0.716. The minimum Gasteiger partial charge on any atom is -0.444 e. The number of hydrogen-bond donors (Lipinski definition) is 2. The van der Waals surface area contributed by atoms with Gasteiger partial charge in [0.05, 0.1) is 16.1 Å². The van der Waals surface area contributed by atoms with Crippen molar-refractivity contribution in [2.24, 2.45) is 0 Å². The Balaban J connectivity index is 0. The Kier molecular flexibility index (Phi) is 14.8. The summed E-state index contributed by atoms with van der Waals surface area (Å²) in [4.78, 5) is 13.6. The van der Waals surface area contributed by atoms with Gasteiger partial charge in [0.1, 0.15) is 5.60 Å². The molecule has 0 bridgehead atoms. The molecule has 0 aliphatic carbocycles. The summed E-state index contributed by atoms with van der Waals surface area (Å²) < 4.78 is 5.33. The van der Waals surface area contributed by atoms with Crippen LogP contribution in [0.15, 0.2) is 18.2 Å². The lowest BCUT2D eigenvalue weighted by molar-refractivity contribution is 0.0232. The molecule has 5 nitrogen and oxygen atoms in total. The molecule has 1 aromatic rings. The number of hydrogen-bond acceptors (Lipinski definition) is 4. The molecule has 0 heterocycles. The van der Waals surface area contributed by atoms with E-state index in [4.69, 9.17) is 33.0 Å². The van der Waals surface area contributed by atoms with Crippen LogP contribution in [0.25, 0.3) is 0 Å². The van der Waals surface area contributed by atoms with Crippen LogP contribution in [0.1, 0.15) is 59.6 Å². The van der Waals surface area contributed by atoms with Crippen LogP contribution in [0.2, 0.25) is 10.0 Å². The van der Waals surface area contributed by atoms with Crippen LogP contribution in [-0.2, 0) is 4.74 Å². The lowest BCUT2D eigenvalue weighted by atomic mass is 10.1. The molecule has 1 amide bonds. The molecular weight excluding hydrogens is 377 g/mol. The van der Waals surface area contributed by atoms with E-state index >= 15 is 0 Å². The molecule has 0 aliphatic rings. The fraction of sp³-hybridized carbons (Fsp3) is 0.632. The van der Waals surface area contributed by atoms with Gasteiger partial charge in [-0.2, -0.15) is 0 Å². The van der Waals surface area contributed by atoms with Crippen molar-refractivity contribution in [1.82, 2.24) is 4.90 Å². The second-order valence-corrected chi connectivity index (χ2v) is 6.85. The Labute approximate surface area is 167 Å². The smallest absolute Gasteiger partial charge is 0.410 e. The van der Waals surface area contributed by atoms with Crippen molar-refractivity contribution >= 4 is 29.3 Å². The third kappa shape index (κ3) is 10.9. The van der Waals surface area contributed by atoms with Crippen LogP contribution in [0, 0.1) is 0 Å². The quantitative estimate of drug-likeness (QED) is 0.690. The van der Waals surface area contributed by atoms with Gasteiger partial charge in [-0.25, -0.2) is 4.79 Å². The highest BCUT2D eigenvalue weighted by atomic mass is 35.5. The zero-order valence-corrected chi connectivity index (χ0v) is 18.4. The number of ether oxygens (including phenoxy) is 1. The summed E-state index contributed by atoms with van der Waals surface area (Å²) in [5.41, 5.74) is 0.141. The Morgan fingerprint density at radius 1 is 1.19 bits per heavy atom. The largest absolute Gasteiger partial charge is 0.444 e. The van der Waals surface area contributed by atoms with Crippen LogP contribution in [0.4, 0.5) is 4.79 Å². The van der Waals surface area contributed by atoms with Gasteiger partial charge in [0.15, 0.2) is 0 Å². The van der Waals surface area contributed by atoms with E-state index in [2.05, 4.69) is 0 Å². The fourth-order valence-corrected chi connectivity index (χ4v) is 2.18. The third-order valence-electron chi connectivity index (χ3n) is 3.03. The van der Waals surface area contributed by atoms with Crippen molar-refractivity contribution in [3.63, 3.8) is 0 Å². The first-order valence-corrected chi connectivity index (χ1v) is 9.45. The number of carbonyl (C=O) groups is 1. The molecule has 1 rings (SSSR count). The van der Waals surface area contributed by atoms with Gasteiger partial charge in [-0.3, -0.25) is 0 Å². The molecule has 0 aromatic heterocycles. The van der Waals surface area contributed by atoms with Crippen LogP contribution in [-0.4, -0.2) is 47.0 Å². The average Bonchev–Trinajstić information content (AvgIpc) is 2.59. The van der Waals surface area contributed by atoms with Crippen LogP contribution in [0.5, 0.6) is 0 Å². The van der Waals surface area contributed by atoms with Crippen LogP contribution in [0.3, 0.4) is 0 Å². The summed E-state index contributed by atoms with van der Waals surface area (Å²) in [6.07, 6.45) is -0.701. The lowest BCUT2D eigenvalue weighted by Crippen LogP contribution is -2.37. The van der Waals surface area contributed by atoms with E-state index in [1.165, 1.54) is 0 Å². The van der Waals surface area contributed by atoms with E-state index in [0.717, 1.165) is 7.11 Å². The molecule has 152 valence electrons. The molecule has 1 atom stereocenters. The molecule has 0 aliphatic heterocycles. The fourth-order valence-electron chi connectivity index (χ4n) is 1.87. The Hall–Kier alpha value is -1.01. The Bertz CT molecular complexity index is 519. The van der Waals surface area contributed by atoms with Gasteiger partial charge in [-0.15, -0.1) is 0 Å². The predicted octanol–water partition coefficient (Wildman–Crippen LogP) is 5.31. The van der Waals surface area contributed by atoms with Gasteiger partial charge in [0.25, 0.3) is 0 Å². The summed E-state index contributed by atoms with van der Waals surface area (Å²) in [6.45, 7) is 12.3. The number of nitrogens with zero attached hydrogens (tertiary/aromatic N) is 1. The minimum absolute atomic E-state index is 0.378. The standard InChI is InChI=1S/C16H23Cl2NO3.C2H6.CH4O/c1-5-19(15(21)22-16(2,3)4)9-8-14(20)11-6-7-12(17)13(18)10-11;2*1-2/h6-7,10,14,20H,5,8-9H2,1-4H3;1-2H3;2H,1H3/t14-;;/m1../s1. The third-order valence-corrected chi connectivity index (χ3v) is 3.77. The molecule has 0 spiro atoms. The Morgan fingerprint density at radius 3 is 2.15 bits per heavy atom. The number of halogens is 2. The highest BCUT2D eigenvalue weighted by molar-refractivity contribution is 6.42. The van der Waals surface area contributed by atoms with E-state index in [9.17, 15) is 9.90 Å². The molecule has 1 aromatic carbocycles. The maximum absolute atomic E-state index is 12.0. The van der Waals surface area contributed by atoms with Crippen molar-refractivity contribution in [2.45, 2.75) is 59.7 Å². The molecule has 0 saturated heterocycles. The van der Waals surface area contributed by atoms with Crippen molar-refractivity contribution in [1.29, 1.82) is 0 Å². The molecule has 0 unspecified atom stereocenters. The van der Waals surface area contributed by atoms with Crippen LogP contribution >= 0.6 is 23.2 Å². The first-order valence-electron chi connectivity index (χ1n) is 8.69. The average molecular weight is 410 g/mol. The van der Waals surface area contributed by atoms with E-state index < -0.39 is 11.7 Å². The number of carbonyl (C=O) groups excluding carboxylic acids is 1. The number of amides is 1. The van der Waals surface area contributed by atoms with Crippen molar-refractivity contribution in [3.8, 4) is 0 Å². The first-order chi connectivity index (χ1) is 12.1. The number of aliphatic hydroxyl groups excluding tert-OH is 2. The number of aliphatic hydroxyl groups is 2. The molecule has 0 fully saturated rings. The second kappa shape index (κ2) is 14.1. The van der Waals surface area contributed by atoms with E-state index in [1.807, 2.05) is 41.5 Å². The lowest BCUT2D eigenvalue weighted by Gasteiger charge is -2.27. The second-order valence-electron chi connectivity index (χ2n) is 6.04. The van der Waals surface area contributed by atoms with Crippen molar-refractivity contribution in [3.05, 3.63) is 33.8 Å². The molecule has 26 heavy (non-hydrogen) atoms. The van der Waals surface area contributed by atoms with Gasteiger partial charge in [-0.05, 0) is 51.8 Å². The topological polar surface area (TPSA) is 70.0 Å². The monoisotopic (exact) mass is 409 g/mol. The summed E-state index contributed by atoms with van der Waals surface area (Å²) in [7, 11) is 1.00. The highest BCUT2D eigenvalue weighted by Gasteiger charge is 2.22. The summed E-state index contributed by atoms with van der Waals surface area (Å²) in [5.74, 6) is 0. The number of benzene rings is 1. The molecular formula is C19H33Cl2NO4. The highest BCUT2D eigenvalue weighted by Crippen LogP contribution is 2.27. The zero-order valence-electron chi connectivity index (χ0n) is 16.8.